The van der Waals surface area contributed by atoms with Crippen molar-refractivity contribution in [3.63, 3.8) is 0 Å². The second-order valence-corrected chi connectivity index (χ2v) is 17.5. The SMILES string of the molecule is C[C@H]1[N-]C2C(c3ccccn3)=CC=C[C@H]2N1[Si](C)(C)C1C2C=CC=CC2C2C=CC=CC21.[CH3-].[Cl][Ti][Cl]. The van der Waals surface area contributed by atoms with E-state index in [4.69, 9.17) is 23.9 Å². The molecule has 1 aromatic rings. The molecule has 1 aromatic heterocycles. The Labute approximate surface area is 234 Å². The molecule has 0 N–H and O–H groups in total. The number of aromatic nitrogens is 1. The first kappa shape index (κ1) is 28.0. The summed E-state index contributed by atoms with van der Waals surface area (Å²) in [6.07, 6.45) is 28.0. The Balaban J connectivity index is 0.000000726. The van der Waals surface area contributed by atoms with Crippen molar-refractivity contribution in [1.82, 2.24) is 9.55 Å². The van der Waals surface area contributed by atoms with E-state index in [1.807, 2.05) is 12.3 Å². The van der Waals surface area contributed by atoms with Crippen molar-refractivity contribution in [2.75, 3.05) is 0 Å². The van der Waals surface area contributed by atoms with Crippen LogP contribution in [0.1, 0.15) is 12.6 Å². The molecule has 36 heavy (non-hydrogen) atoms. The molecule has 0 amide bonds. The van der Waals surface area contributed by atoms with Gasteiger partial charge in [-0.1, -0.05) is 105 Å². The molecule has 5 unspecified atom stereocenters. The molecule has 2 heterocycles. The van der Waals surface area contributed by atoms with Crippen LogP contribution in [0.3, 0.4) is 0 Å². The number of hydrogen-bond donors (Lipinski definition) is 0. The van der Waals surface area contributed by atoms with Crippen molar-refractivity contribution >= 4 is 32.4 Å². The Kier molecular flexibility index (Phi) is 9.21. The fourth-order valence-electron chi connectivity index (χ4n) is 7.41. The first-order valence-electron chi connectivity index (χ1n) is 12.4. The van der Waals surface area contributed by atoms with Gasteiger partial charge in [0.25, 0.3) is 0 Å². The Hall–Kier alpha value is -0.979. The van der Waals surface area contributed by atoms with Gasteiger partial charge in [-0.25, -0.2) is 0 Å². The summed E-state index contributed by atoms with van der Waals surface area (Å²) < 4.78 is 2.84. The third-order valence-electron chi connectivity index (χ3n) is 8.49. The summed E-state index contributed by atoms with van der Waals surface area (Å²) in [5, 5.41) is 5.33. The Morgan fingerprint density at radius 1 is 0.889 bits per heavy atom. The van der Waals surface area contributed by atoms with E-state index >= 15 is 0 Å². The first-order chi connectivity index (χ1) is 17.0. The van der Waals surface area contributed by atoms with E-state index in [0.717, 1.165) is 5.69 Å². The van der Waals surface area contributed by atoms with Crippen LogP contribution in [0, 0.1) is 31.1 Å². The monoisotopic (exact) mass is 571 g/mol. The van der Waals surface area contributed by atoms with Crippen LogP contribution in [0.15, 0.2) is 91.2 Å². The predicted octanol–water partition coefficient (Wildman–Crippen LogP) is 7.94. The van der Waals surface area contributed by atoms with Crippen molar-refractivity contribution in [1.29, 1.82) is 0 Å². The number of allylic oxidation sites excluding steroid dienone is 10. The van der Waals surface area contributed by atoms with Gasteiger partial charge >= 0.3 is 35.6 Å². The maximum absolute atomic E-state index is 5.33. The van der Waals surface area contributed by atoms with Crippen molar-refractivity contribution < 1.29 is 17.0 Å². The van der Waals surface area contributed by atoms with Crippen molar-refractivity contribution in [2.24, 2.45) is 23.7 Å². The number of nitrogens with zero attached hydrogens (tertiary/aromatic N) is 3. The van der Waals surface area contributed by atoms with Gasteiger partial charge in [0, 0.05) is 12.2 Å². The molecule has 1 saturated carbocycles. The molecule has 6 rings (SSSR count). The molecule has 3 nitrogen and oxygen atoms in total. The number of rotatable bonds is 3. The minimum atomic E-state index is -1.89. The van der Waals surface area contributed by atoms with Crippen LogP contribution in [0.25, 0.3) is 10.9 Å². The van der Waals surface area contributed by atoms with Gasteiger partial charge in [0.15, 0.2) is 0 Å². The average molecular weight is 572 g/mol. The number of pyridine rings is 1. The van der Waals surface area contributed by atoms with Gasteiger partial charge < -0.3 is 17.3 Å². The van der Waals surface area contributed by atoms with E-state index in [-0.39, 0.29) is 19.6 Å². The fourth-order valence-corrected chi connectivity index (χ4v) is 12.3. The standard InChI is InChI=1S/C28H32N3Si.CH3.2ClH.Ti/c1-19-30-27-24(25-16-8-9-18-29-25)15-10-17-26(27)31(19)32(2,3)28-22-13-6-4-11-20(22)21-12-5-7-14-23(21)28;;;;/h4-23,26-28H,1-3H3;1H3;2*1H;/q2*-1;;;+2/p-2/t19-,20?,21?,22?,23?,26+,27?,28?;;;;/m0..../s1. The van der Waals surface area contributed by atoms with Crippen molar-refractivity contribution in [2.45, 2.75) is 43.8 Å². The molecule has 0 spiro atoms. The van der Waals surface area contributed by atoms with E-state index in [1.54, 1.807) is 0 Å². The first-order valence-corrected chi connectivity index (χ1v) is 19.8. The molecule has 1 aliphatic heterocycles. The number of hydrogen-bond acceptors (Lipinski definition) is 2. The van der Waals surface area contributed by atoms with Gasteiger partial charge in [-0.15, -0.1) is 0 Å². The molecule has 2 fully saturated rings. The Morgan fingerprint density at radius 3 is 2.03 bits per heavy atom. The molecule has 7 heteroatoms. The molecular weight excluding hydrogens is 537 g/mol. The summed E-state index contributed by atoms with van der Waals surface area (Å²) in [7, 11) is 7.89. The van der Waals surface area contributed by atoms with Crippen molar-refractivity contribution in [3.05, 3.63) is 110 Å². The topological polar surface area (TPSA) is 30.2 Å². The number of fused-ring (bicyclic) bond motifs is 4. The van der Waals surface area contributed by atoms with Gasteiger partial charge in [-0.3, -0.25) is 4.98 Å². The maximum atomic E-state index is 5.33. The van der Waals surface area contributed by atoms with Crippen molar-refractivity contribution in [3.8, 4) is 0 Å². The van der Waals surface area contributed by atoms with Crippen LogP contribution in [0.2, 0.25) is 18.6 Å². The second-order valence-electron chi connectivity index (χ2n) is 10.4. The minimum absolute atomic E-state index is 0. The molecule has 4 aliphatic carbocycles. The second kappa shape index (κ2) is 11.8. The van der Waals surface area contributed by atoms with Crippen LogP contribution in [0.5, 0.6) is 0 Å². The van der Waals surface area contributed by atoms with Gasteiger partial charge in [0.1, 0.15) is 8.24 Å². The zero-order chi connectivity index (χ0) is 24.6. The van der Waals surface area contributed by atoms with Crippen LogP contribution in [0.4, 0.5) is 0 Å². The van der Waals surface area contributed by atoms with Gasteiger partial charge in [0.05, 0.1) is 5.69 Å². The normalized spacial score (nSPS) is 35.6. The summed E-state index contributed by atoms with van der Waals surface area (Å²) in [6, 6.07) is 6.70. The van der Waals surface area contributed by atoms with E-state index in [9.17, 15) is 0 Å². The third-order valence-corrected chi connectivity index (χ3v) is 12.9. The average Bonchev–Trinajstić information content (AvgIpc) is 3.40. The zero-order valence-electron chi connectivity index (χ0n) is 21.4. The molecule has 190 valence electrons. The van der Waals surface area contributed by atoms with Gasteiger partial charge in [-0.2, -0.15) is 0 Å². The van der Waals surface area contributed by atoms with Crippen LogP contribution in [-0.2, 0) is 17.0 Å². The van der Waals surface area contributed by atoms with Crippen LogP contribution < -0.4 is 0 Å². The van der Waals surface area contributed by atoms with E-state index < -0.39 is 25.3 Å². The fraction of sp³-hybridized carbons (Fsp3) is 0.379. The molecule has 0 bridgehead atoms. The molecular formula is C29H35Cl2N3SiTi-2. The van der Waals surface area contributed by atoms with E-state index in [0.29, 0.717) is 35.3 Å². The quantitative estimate of drug-likeness (QED) is 0.272. The molecule has 1 saturated heterocycles. The predicted molar refractivity (Wildman–Crippen MR) is 153 cm³/mol. The summed E-state index contributed by atoms with van der Waals surface area (Å²) in [5.74, 6) is 2.49. The molecule has 5 aliphatic rings. The van der Waals surface area contributed by atoms with Crippen LogP contribution >= 0.6 is 18.6 Å². The van der Waals surface area contributed by atoms with Gasteiger partial charge in [0.2, 0.25) is 0 Å². The Bertz CT molecular complexity index is 1060. The summed E-state index contributed by atoms with van der Waals surface area (Å²) in [5.41, 5.74) is 3.00. The van der Waals surface area contributed by atoms with Gasteiger partial charge in [-0.05, 0) is 46.9 Å². The Morgan fingerprint density at radius 2 is 1.47 bits per heavy atom. The zero-order valence-corrected chi connectivity index (χ0v) is 25.5. The molecule has 7 atom stereocenters. The summed E-state index contributed by atoms with van der Waals surface area (Å²) in [6.45, 7) is 7.53. The third kappa shape index (κ3) is 4.91. The van der Waals surface area contributed by atoms with E-state index in [2.05, 4.69) is 109 Å². The molecule has 0 aromatic carbocycles. The molecule has 0 radical (unpaired) electrons. The number of halogens is 2. The summed E-state index contributed by atoms with van der Waals surface area (Å²) >= 11 is -0.556. The van der Waals surface area contributed by atoms with E-state index in [1.165, 1.54) is 5.57 Å². The summed E-state index contributed by atoms with van der Waals surface area (Å²) in [4.78, 5) is 4.66. The van der Waals surface area contributed by atoms with Crippen LogP contribution in [-0.4, -0.2) is 36.0 Å².